The van der Waals surface area contributed by atoms with Crippen LogP contribution in [0.2, 0.25) is 0 Å². The summed E-state index contributed by atoms with van der Waals surface area (Å²) in [6.45, 7) is 1.83. The molecule has 5 heterocycles. The first-order valence-electron chi connectivity index (χ1n) is 18.4. The molecule has 5 amide bonds. The Kier molecular flexibility index (Phi) is 10.4. The molecule has 2 N–H and O–H groups in total. The molecular weight excluding hydrogens is 719 g/mol. The average molecular weight is 762 g/mol. The molecule has 3 saturated heterocycles. The van der Waals surface area contributed by atoms with Crippen LogP contribution in [-0.4, -0.2) is 101 Å². The van der Waals surface area contributed by atoms with E-state index in [1.807, 2.05) is 29.2 Å². The van der Waals surface area contributed by atoms with E-state index in [1.54, 1.807) is 25.1 Å². The van der Waals surface area contributed by atoms with Crippen molar-refractivity contribution in [3.8, 4) is 16.9 Å². The van der Waals surface area contributed by atoms with Gasteiger partial charge >= 0.3 is 12.4 Å². The van der Waals surface area contributed by atoms with E-state index in [1.165, 1.54) is 34.0 Å². The Morgan fingerprint density at radius 3 is 2.31 bits per heavy atom. The van der Waals surface area contributed by atoms with Gasteiger partial charge in [-0.3, -0.25) is 29.5 Å². The molecule has 0 saturated carbocycles. The Morgan fingerprint density at radius 1 is 0.945 bits per heavy atom. The zero-order chi connectivity index (χ0) is 39.0. The molecule has 0 spiro atoms. The van der Waals surface area contributed by atoms with Crippen LogP contribution in [0.25, 0.3) is 11.1 Å². The van der Waals surface area contributed by atoms with Gasteiger partial charge < -0.3 is 29.3 Å². The molecule has 1 aromatic heterocycles. The second-order valence-electron chi connectivity index (χ2n) is 14.5. The number of anilines is 1. The van der Waals surface area contributed by atoms with E-state index in [0.717, 1.165) is 24.1 Å². The fourth-order valence-electron chi connectivity index (χ4n) is 7.94. The van der Waals surface area contributed by atoms with Crippen LogP contribution < -0.4 is 20.9 Å². The molecule has 290 valence electrons. The Balaban J connectivity index is 0.938. The van der Waals surface area contributed by atoms with Gasteiger partial charge in [-0.1, -0.05) is 18.2 Å². The Bertz CT molecular complexity index is 2080. The Morgan fingerprint density at radius 2 is 1.64 bits per heavy atom. The molecule has 0 aliphatic carbocycles. The molecule has 4 aliphatic rings. The van der Waals surface area contributed by atoms with Gasteiger partial charge in [0, 0.05) is 87.5 Å². The molecule has 2 aromatic carbocycles. The lowest BCUT2D eigenvalue weighted by atomic mass is 9.89. The summed E-state index contributed by atoms with van der Waals surface area (Å²) in [6.07, 6.45) is 1.24. The highest BCUT2D eigenvalue weighted by Gasteiger charge is 2.36. The molecule has 16 heteroatoms. The number of aromatic nitrogens is 1. The molecule has 3 aromatic rings. The number of ether oxygens (including phenoxy) is 1. The highest BCUT2D eigenvalue weighted by molar-refractivity contribution is 6.01. The lowest BCUT2D eigenvalue weighted by Crippen LogP contribution is -2.52. The maximum absolute atomic E-state index is 13.7. The number of carbonyl (C=O) groups is 4. The van der Waals surface area contributed by atoms with Crippen LogP contribution in [0.3, 0.4) is 0 Å². The highest BCUT2D eigenvalue weighted by atomic mass is 19.4. The maximum atomic E-state index is 13.7. The first-order chi connectivity index (χ1) is 26.3. The third-order valence-corrected chi connectivity index (χ3v) is 11.1. The van der Waals surface area contributed by atoms with Crippen LogP contribution >= 0.6 is 0 Å². The van der Waals surface area contributed by atoms with Crippen LogP contribution in [0.15, 0.2) is 58.4 Å². The number of imide groups is 1. The number of aryl methyl sites for hydroxylation is 1. The van der Waals surface area contributed by atoms with Crippen LogP contribution in [0, 0.1) is 0 Å². The number of rotatable bonds is 7. The minimum absolute atomic E-state index is 0.0987. The largest absolute Gasteiger partial charge is 0.573 e. The van der Waals surface area contributed by atoms with Crippen molar-refractivity contribution < 1.29 is 37.1 Å². The second-order valence-corrected chi connectivity index (χ2v) is 14.5. The summed E-state index contributed by atoms with van der Waals surface area (Å²) in [5.41, 5.74) is 3.28. The van der Waals surface area contributed by atoms with Crippen LogP contribution in [0.1, 0.15) is 71.5 Å². The molecule has 4 aliphatic heterocycles. The summed E-state index contributed by atoms with van der Waals surface area (Å²) in [7, 11) is 3.31. The number of piperidine rings is 3. The zero-order valence-electron chi connectivity index (χ0n) is 30.5. The van der Waals surface area contributed by atoms with Crippen molar-refractivity contribution >= 4 is 35.7 Å². The maximum Gasteiger partial charge on any atom is 0.573 e. The minimum atomic E-state index is -5.05. The van der Waals surface area contributed by atoms with Crippen molar-refractivity contribution in [2.75, 3.05) is 38.5 Å². The van der Waals surface area contributed by atoms with Gasteiger partial charge in [0.2, 0.25) is 11.8 Å². The average Bonchev–Trinajstić information content (AvgIpc) is 3.67. The molecule has 0 radical (unpaired) electrons. The standard InChI is InChI=1S/C39H42F3N7O6/c1-46-22-31(29-20-43-21-30(29)36(46)52)25-5-8-28(33(19-25)55-39(40,41)42)37(53)48-17-13-27(14-18-48)47(2)38(54)49-15-11-24(12-16-49)23-3-6-26(7-4-23)44-32-9-10-34(50)45-35(32)51/h3-8,19-20,22,24,27,32,44H,9-18,21H2,1-2H3,(H,45,50,51). The summed E-state index contributed by atoms with van der Waals surface area (Å²) in [4.78, 5) is 72.5. The van der Waals surface area contributed by atoms with E-state index in [0.29, 0.717) is 61.0 Å². The number of pyridine rings is 1. The third kappa shape index (κ3) is 8.08. The molecule has 1 atom stereocenters. The number of benzene rings is 2. The minimum Gasteiger partial charge on any atom is -0.405 e. The number of amides is 5. The van der Waals surface area contributed by atoms with E-state index in [9.17, 15) is 37.1 Å². The van der Waals surface area contributed by atoms with Crippen molar-refractivity contribution in [1.29, 1.82) is 0 Å². The normalized spacial score (nSPS) is 19.3. The molecular formula is C39H42F3N7O6. The van der Waals surface area contributed by atoms with Crippen LogP contribution in [0.4, 0.5) is 23.7 Å². The number of hydrogen-bond donors (Lipinski definition) is 2. The summed E-state index contributed by atoms with van der Waals surface area (Å²) in [5, 5.41) is 5.54. The van der Waals surface area contributed by atoms with E-state index in [2.05, 4.69) is 20.4 Å². The molecule has 55 heavy (non-hydrogen) atoms. The van der Waals surface area contributed by atoms with Crippen molar-refractivity contribution in [3.63, 3.8) is 0 Å². The van der Waals surface area contributed by atoms with Gasteiger partial charge in [-0.15, -0.1) is 13.2 Å². The van der Waals surface area contributed by atoms with E-state index in [4.69, 9.17) is 0 Å². The molecule has 0 bridgehead atoms. The summed E-state index contributed by atoms with van der Waals surface area (Å²) in [5.74, 6) is -1.55. The van der Waals surface area contributed by atoms with Gasteiger partial charge in [0.15, 0.2) is 0 Å². The van der Waals surface area contributed by atoms with Crippen LogP contribution in [0.5, 0.6) is 5.75 Å². The number of halogens is 3. The Labute approximate surface area is 315 Å². The number of nitrogens with one attached hydrogen (secondary N) is 2. The second kappa shape index (κ2) is 15.2. The summed E-state index contributed by atoms with van der Waals surface area (Å²) >= 11 is 0. The number of likely N-dealkylation sites (tertiary alicyclic amines) is 2. The zero-order valence-corrected chi connectivity index (χ0v) is 30.5. The number of fused-ring (bicyclic) bond motifs is 1. The van der Waals surface area contributed by atoms with Crippen molar-refractivity contribution in [3.05, 3.63) is 81.3 Å². The van der Waals surface area contributed by atoms with Crippen molar-refractivity contribution in [2.24, 2.45) is 12.0 Å². The van der Waals surface area contributed by atoms with Gasteiger partial charge in [0.1, 0.15) is 11.8 Å². The van der Waals surface area contributed by atoms with Crippen LogP contribution in [-0.2, 0) is 23.2 Å². The smallest absolute Gasteiger partial charge is 0.405 e. The Hall–Kier alpha value is -5.67. The number of hydrogen-bond acceptors (Lipinski definition) is 8. The lowest BCUT2D eigenvalue weighted by molar-refractivity contribution is -0.274. The van der Waals surface area contributed by atoms with Gasteiger partial charge in [0.25, 0.3) is 11.5 Å². The number of nitrogens with zero attached hydrogens (tertiary/aromatic N) is 5. The lowest BCUT2D eigenvalue weighted by Gasteiger charge is -2.40. The number of carbonyl (C=O) groups excluding carboxylic acids is 4. The summed E-state index contributed by atoms with van der Waals surface area (Å²) < 4.78 is 46.6. The highest BCUT2D eigenvalue weighted by Crippen LogP contribution is 2.35. The van der Waals surface area contributed by atoms with Crippen molar-refractivity contribution in [2.45, 2.75) is 69.4 Å². The predicted molar refractivity (Wildman–Crippen MR) is 197 cm³/mol. The van der Waals surface area contributed by atoms with E-state index >= 15 is 0 Å². The predicted octanol–water partition coefficient (Wildman–Crippen LogP) is 4.64. The van der Waals surface area contributed by atoms with E-state index < -0.39 is 24.1 Å². The van der Waals surface area contributed by atoms with Crippen molar-refractivity contribution in [1.82, 2.24) is 24.6 Å². The fourth-order valence-corrected chi connectivity index (χ4v) is 7.94. The topological polar surface area (TPSA) is 146 Å². The summed E-state index contributed by atoms with van der Waals surface area (Å²) in [6, 6.07) is 11.2. The van der Waals surface area contributed by atoms with Gasteiger partial charge in [-0.2, -0.15) is 0 Å². The van der Waals surface area contributed by atoms with Gasteiger partial charge in [-0.05, 0) is 73.4 Å². The number of urea groups is 1. The fraction of sp³-hybridized carbons (Fsp3) is 0.436. The first kappa shape index (κ1) is 37.6. The molecule has 1 unspecified atom stereocenters. The SMILES string of the molecule is CN(C(=O)N1CCC(c2ccc(NC3CCC(=O)NC3=O)cc2)CC1)C1CCN(C(=O)c2ccc(-c3cn(C)c(=O)c4c3C=NC4)cc2OC(F)(F)F)CC1. The quantitative estimate of drug-likeness (QED) is 0.334. The molecule has 7 rings (SSSR count). The number of aliphatic imine (C=N–C) groups is 1. The van der Waals surface area contributed by atoms with Gasteiger partial charge in [0.05, 0.1) is 12.1 Å². The van der Waals surface area contributed by atoms with E-state index in [-0.39, 0.29) is 60.6 Å². The molecule has 13 nitrogen and oxygen atoms in total. The van der Waals surface area contributed by atoms with Gasteiger partial charge in [-0.25, -0.2) is 4.79 Å². The monoisotopic (exact) mass is 761 g/mol. The molecule has 3 fully saturated rings. The first-order valence-corrected chi connectivity index (χ1v) is 18.4. The third-order valence-electron chi connectivity index (χ3n) is 11.1. The number of alkyl halides is 3.